The van der Waals surface area contributed by atoms with Gasteiger partial charge in [-0.25, -0.2) is 18.0 Å². The molecule has 1 aromatic rings. The fraction of sp³-hybridized carbons (Fsp3) is 0.615. The van der Waals surface area contributed by atoms with Gasteiger partial charge in [-0.3, -0.25) is 24.0 Å². The van der Waals surface area contributed by atoms with E-state index in [1.54, 1.807) is 20.8 Å². The number of carbonyl (C=O) groups is 5. The molecule has 1 unspecified atom stereocenters. The van der Waals surface area contributed by atoms with Crippen LogP contribution in [0.3, 0.4) is 0 Å². The summed E-state index contributed by atoms with van der Waals surface area (Å²) < 4.78 is 45.3. The Labute approximate surface area is 321 Å². The van der Waals surface area contributed by atoms with E-state index >= 15 is 0 Å². The Kier molecular flexibility index (Phi) is 10.2. The van der Waals surface area contributed by atoms with Gasteiger partial charge in [-0.15, -0.1) is 6.58 Å². The first-order valence-electron chi connectivity index (χ1n) is 19.1. The number of carbonyl (C=O) groups excluding carboxylic acids is 5. The number of ether oxygens (including phenoxy) is 3. The van der Waals surface area contributed by atoms with Gasteiger partial charge in [-0.2, -0.15) is 0 Å². The summed E-state index contributed by atoms with van der Waals surface area (Å²) in [5.41, 5.74) is -0.767. The highest BCUT2D eigenvalue weighted by Gasteiger charge is 2.62. The molecule has 298 valence electrons. The molecule has 5 atom stereocenters. The van der Waals surface area contributed by atoms with E-state index in [4.69, 9.17) is 14.2 Å². The van der Waals surface area contributed by atoms with Crippen LogP contribution in [-0.2, 0) is 47.0 Å². The fourth-order valence-corrected chi connectivity index (χ4v) is 9.18. The third kappa shape index (κ3) is 8.19. The second-order valence-electron chi connectivity index (χ2n) is 17.0. The molecule has 6 aliphatic rings. The highest BCUT2D eigenvalue weighted by molar-refractivity contribution is 7.91. The molecule has 0 aromatic heterocycles. The molecule has 7 rings (SSSR count). The Morgan fingerprint density at radius 1 is 1.05 bits per heavy atom. The average Bonchev–Trinajstić information content (AvgIpc) is 4.08. The predicted octanol–water partition coefficient (Wildman–Crippen LogP) is 3.43. The summed E-state index contributed by atoms with van der Waals surface area (Å²) in [4.78, 5) is 72.0. The van der Waals surface area contributed by atoms with Crippen molar-refractivity contribution in [2.45, 2.75) is 114 Å². The first kappa shape index (κ1) is 38.7. The summed E-state index contributed by atoms with van der Waals surface area (Å²) >= 11 is 0. The first-order valence-corrected chi connectivity index (χ1v) is 20.7. The summed E-state index contributed by atoms with van der Waals surface area (Å²) in [5, 5.41) is 4.84. The molecule has 5 amide bonds. The van der Waals surface area contributed by atoms with Crippen molar-refractivity contribution in [1.82, 2.24) is 25.2 Å². The molecule has 3 N–H and O–H groups in total. The fourth-order valence-electron chi connectivity index (χ4n) is 7.82. The molecule has 1 spiro atoms. The van der Waals surface area contributed by atoms with Crippen LogP contribution in [0.2, 0.25) is 0 Å². The minimum Gasteiger partial charge on any atom is -0.489 e. The zero-order valence-electron chi connectivity index (χ0n) is 31.6. The van der Waals surface area contributed by atoms with Gasteiger partial charge in [-0.1, -0.05) is 51.1 Å². The molecule has 3 aliphatic carbocycles. The Bertz CT molecular complexity index is 1900. The second-order valence-corrected chi connectivity index (χ2v) is 19.0. The Hall–Kier alpha value is -4.60. The number of nitrogens with zero attached hydrogens (tertiary/aromatic N) is 2. The van der Waals surface area contributed by atoms with Crippen molar-refractivity contribution in [2.24, 2.45) is 16.7 Å². The maximum atomic E-state index is 14.5. The average molecular weight is 782 g/mol. The summed E-state index contributed by atoms with van der Waals surface area (Å²) in [7, 11) is -3.92. The second kappa shape index (κ2) is 14.5. The maximum Gasteiger partial charge on any atom is 0.410 e. The molecule has 3 saturated carbocycles. The van der Waals surface area contributed by atoms with Crippen molar-refractivity contribution < 1.29 is 46.6 Å². The van der Waals surface area contributed by atoms with E-state index in [9.17, 15) is 32.4 Å². The molecule has 3 heterocycles. The van der Waals surface area contributed by atoms with E-state index in [1.807, 2.05) is 24.3 Å². The predicted molar refractivity (Wildman–Crippen MR) is 199 cm³/mol. The number of allylic oxidation sites excluding steroid dienone is 1. The highest BCUT2D eigenvalue weighted by Crippen LogP contribution is 2.50. The lowest BCUT2D eigenvalue weighted by Gasteiger charge is -2.35. The molecule has 15 nitrogen and oxygen atoms in total. The van der Waals surface area contributed by atoms with Gasteiger partial charge in [0.15, 0.2) is 0 Å². The third-order valence-corrected chi connectivity index (χ3v) is 13.6. The van der Waals surface area contributed by atoms with Gasteiger partial charge < -0.3 is 29.7 Å². The molecule has 55 heavy (non-hydrogen) atoms. The molecule has 3 aliphatic heterocycles. The Morgan fingerprint density at radius 3 is 2.49 bits per heavy atom. The van der Waals surface area contributed by atoms with Gasteiger partial charge in [0.1, 0.15) is 36.1 Å². The summed E-state index contributed by atoms with van der Waals surface area (Å²) in [6.45, 7) is 9.99. The van der Waals surface area contributed by atoms with E-state index in [1.165, 1.54) is 15.9 Å². The van der Waals surface area contributed by atoms with Gasteiger partial charge >= 0.3 is 12.2 Å². The zero-order chi connectivity index (χ0) is 39.3. The third-order valence-electron chi connectivity index (χ3n) is 11.7. The summed E-state index contributed by atoms with van der Waals surface area (Å²) in [5.74, 6) is -2.08. The van der Waals surface area contributed by atoms with Crippen LogP contribution >= 0.6 is 0 Å². The summed E-state index contributed by atoms with van der Waals surface area (Å²) in [6.07, 6.45) is 7.49. The van der Waals surface area contributed by atoms with Crippen LogP contribution in [0.5, 0.6) is 5.75 Å². The number of amides is 5. The Morgan fingerprint density at radius 2 is 1.82 bits per heavy atom. The highest BCUT2D eigenvalue weighted by atomic mass is 32.2. The number of alkyl carbamates (subject to hydrolysis) is 1. The van der Waals surface area contributed by atoms with Crippen LogP contribution in [0.1, 0.15) is 83.3 Å². The van der Waals surface area contributed by atoms with Crippen molar-refractivity contribution in [1.29, 1.82) is 0 Å². The van der Waals surface area contributed by atoms with Gasteiger partial charge in [0.05, 0.1) is 24.9 Å². The molecule has 1 aromatic carbocycles. The smallest absolute Gasteiger partial charge is 0.410 e. The molecule has 0 radical (unpaired) electrons. The van der Waals surface area contributed by atoms with E-state index in [-0.39, 0.29) is 44.5 Å². The summed E-state index contributed by atoms with van der Waals surface area (Å²) in [6, 6.07) is 3.29. The zero-order valence-corrected chi connectivity index (χ0v) is 32.5. The van der Waals surface area contributed by atoms with Crippen LogP contribution in [0, 0.1) is 16.7 Å². The number of benzene rings is 1. The van der Waals surface area contributed by atoms with Crippen molar-refractivity contribution in [3.05, 3.63) is 54.1 Å². The topological polar surface area (TPSA) is 190 Å². The van der Waals surface area contributed by atoms with Crippen molar-refractivity contribution in [2.75, 3.05) is 19.8 Å². The first-order chi connectivity index (χ1) is 26.0. The minimum atomic E-state index is -3.92. The van der Waals surface area contributed by atoms with Crippen molar-refractivity contribution in [3.8, 4) is 5.75 Å². The lowest BCUT2D eigenvalue weighted by Crippen LogP contribution is -2.60. The molecule has 16 heteroatoms. The lowest BCUT2D eigenvalue weighted by atomic mass is 9.85. The van der Waals surface area contributed by atoms with Crippen LogP contribution in [-0.4, -0.2) is 96.9 Å². The van der Waals surface area contributed by atoms with Gasteiger partial charge in [0, 0.05) is 29.9 Å². The quantitative estimate of drug-likeness (QED) is 0.361. The molecular formula is C39H51N5O10S. The monoisotopic (exact) mass is 781 g/mol. The number of sulfonamides is 1. The van der Waals surface area contributed by atoms with Gasteiger partial charge in [-0.05, 0) is 62.0 Å². The molecular weight excluding hydrogens is 731 g/mol. The SMILES string of the molecule is C=C[C@H]1C[C@@]1(NC(=O)[C@@H]1CC2CN1C(=O)[C@H](C(C)(C)C)NC(=O)OCC1(CC/C=C/COc3cccc4c3CN(C4)C(=O)O2)CC1)C(=O)NS(=O)(=O)C1CC1. The van der Waals surface area contributed by atoms with Crippen LogP contribution < -0.4 is 20.1 Å². The van der Waals surface area contributed by atoms with Crippen LogP contribution in [0.4, 0.5) is 9.59 Å². The largest absolute Gasteiger partial charge is 0.489 e. The molecule has 4 bridgehead atoms. The van der Waals surface area contributed by atoms with Crippen molar-refractivity contribution in [3.63, 3.8) is 0 Å². The van der Waals surface area contributed by atoms with E-state index < -0.39 is 80.2 Å². The van der Waals surface area contributed by atoms with Crippen LogP contribution in [0.25, 0.3) is 0 Å². The molecule has 1 saturated heterocycles. The maximum absolute atomic E-state index is 14.5. The van der Waals surface area contributed by atoms with Gasteiger partial charge in [0.25, 0.3) is 5.91 Å². The molecule has 4 fully saturated rings. The van der Waals surface area contributed by atoms with E-state index in [0.29, 0.717) is 25.2 Å². The normalized spacial score (nSPS) is 30.1. The van der Waals surface area contributed by atoms with E-state index in [2.05, 4.69) is 28.0 Å². The number of hydrogen-bond acceptors (Lipinski definition) is 10. The number of hydrogen-bond donors (Lipinski definition) is 3. The Balaban J connectivity index is 1.15. The number of fused-ring (bicyclic) bond motifs is 3. The number of rotatable bonds is 6. The lowest BCUT2D eigenvalue weighted by molar-refractivity contribution is -0.143. The number of nitrogens with one attached hydrogen (secondary N) is 3. The van der Waals surface area contributed by atoms with Crippen molar-refractivity contribution >= 4 is 39.9 Å². The standard InChI is InChI=1S/C39H51N5O10S/c1-5-25-19-39(25,34(47)42-55(50,51)27-12-13-27)41-32(45)29-18-26-21-44(29)33(46)31(37(2,3)4)40-35(48)53-23-38(15-16-38)14-7-6-8-17-52-30-11-9-10-24-20-43(22-28(24)30)36(49)54-26/h5-6,8-11,25-27,29,31H,1,7,12-23H2,2-4H3,(H,40,48)(H,41,45)(H,42,47)/b8-6+/t25-,26?,29-,31+,39-/m0/s1. The minimum absolute atomic E-state index is 0.106. The van der Waals surface area contributed by atoms with Crippen LogP contribution in [0.15, 0.2) is 43.0 Å². The van der Waals surface area contributed by atoms with E-state index in [0.717, 1.165) is 36.8 Å². The number of cyclic esters (lactones) is 1. The van der Waals surface area contributed by atoms with Gasteiger partial charge in [0.2, 0.25) is 21.8 Å².